The standard InChI is InChI=1S/C25H19ClF3NO6/c1-12-3-2-4-13(9-12)19-18(22(32)33)21(31)23(34)20-17(10-15(26)11-30-20)36-24(19,23)14-5-7-16(8-6-14)35-25(27,28)29/h2-11,18-19,21,31,34H,1H3,(H,32,33)/t18-,19-,21-,23+,24+/m1/s1. The van der Waals surface area contributed by atoms with Gasteiger partial charge in [-0.1, -0.05) is 53.6 Å². The first-order valence-corrected chi connectivity index (χ1v) is 11.2. The summed E-state index contributed by atoms with van der Waals surface area (Å²) in [6.07, 6.45) is -5.61. The van der Waals surface area contributed by atoms with Crippen LogP contribution in [0.25, 0.3) is 0 Å². The first kappa shape index (κ1) is 24.4. The molecule has 1 saturated carbocycles. The third kappa shape index (κ3) is 3.43. The average molecular weight is 522 g/mol. The van der Waals surface area contributed by atoms with Crippen molar-refractivity contribution < 1.29 is 42.8 Å². The normalized spacial score (nSPS) is 28.8. The highest BCUT2D eigenvalue weighted by Gasteiger charge is 2.78. The number of carboxylic acids is 1. The number of hydrogen-bond donors (Lipinski definition) is 3. The Hall–Kier alpha value is -3.34. The van der Waals surface area contributed by atoms with E-state index in [1.165, 1.54) is 24.4 Å². The number of carbonyl (C=O) groups is 1. The highest BCUT2D eigenvalue weighted by atomic mass is 35.5. The van der Waals surface area contributed by atoms with Crippen LogP contribution in [0.1, 0.15) is 28.3 Å². The second-order valence-corrected chi connectivity index (χ2v) is 9.31. The van der Waals surface area contributed by atoms with Crippen molar-refractivity contribution in [1.82, 2.24) is 4.98 Å². The van der Waals surface area contributed by atoms with E-state index in [0.717, 1.165) is 17.7 Å². The summed E-state index contributed by atoms with van der Waals surface area (Å²) in [5.41, 5.74) is -3.18. The van der Waals surface area contributed by atoms with E-state index < -0.39 is 47.2 Å². The van der Waals surface area contributed by atoms with E-state index in [0.29, 0.717) is 5.56 Å². The maximum absolute atomic E-state index is 12.7. The molecule has 2 aromatic carbocycles. The lowest BCUT2D eigenvalue weighted by molar-refractivity contribution is -0.274. The van der Waals surface area contributed by atoms with Gasteiger partial charge in [-0.2, -0.15) is 0 Å². The van der Waals surface area contributed by atoms with E-state index >= 15 is 0 Å². The Balaban J connectivity index is 1.79. The highest BCUT2D eigenvalue weighted by molar-refractivity contribution is 6.30. The van der Waals surface area contributed by atoms with Gasteiger partial charge in [0.05, 0.1) is 10.9 Å². The summed E-state index contributed by atoms with van der Waals surface area (Å²) in [7, 11) is 0. The molecule has 1 aliphatic heterocycles. The van der Waals surface area contributed by atoms with Crippen molar-refractivity contribution in [2.24, 2.45) is 5.92 Å². The van der Waals surface area contributed by atoms with Gasteiger partial charge in [-0.05, 0) is 30.2 Å². The van der Waals surface area contributed by atoms with Gasteiger partial charge in [0.25, 0.3) is 0 Å². The van der Waals surface area contributed by atoms with Crippen LogP contribution in [-0.4, -0.2) is 38.7 Å². The summed E-state index contributed by atoms with van der Waals surface area (Å²) in [6, 6.07) is 12.7. The number of benzene rings is 2. The van der Waals surface area contributed by atoms with Crippen LogP contribution in [0.5, 0.6) is 11.5 Å². The Bertz CT molecular complexity index is 1350. The molecule has 1 aliphatic carbocycles. The molecular weight excluding hydrogens is 503 g/mol. The fourth-order valence-electron chi connectivity index (χ4n) is 5.51. The molecule has 5 atom stereocenters. The van der Waals surface area contributed by atoms with Crippen molar-refractivity contribution >= 4 is 17.6 Å². The zero-order valence-corrected chi connectivity index (χ0v) is 19.3. The van der Waals surface area contributed by atoms with E-state index in [4.69, 9.17) is 16.3 Å². The van der Waals surface area contributed by atoms with Crippen molar-refractivity contribution in [3.05, 3.63) is 88.2 Å². The maximum atomic E-state index is 12.7. The Morgan fingerprint density at radius 3 is 2.47 bits per heavy atom. The number of aromatic nitrogens is 1. The number of rotatable bonds is 4. The molecule has 0 unspecified atom stereocenters. The molecule has 7 nitrogen and oxygen atoms in total. The molecule has 0 spiro atoms. The van der Waals surface area contributed by atoms with Crippen molar-refractivity contribution in [1.29, 1.82) is 0 Å². The van der Waals surface area contributed by atoms with Crippen molar-refractivity contribution in [3.8, 4) is 11.5 Å². The number of aliphatic hydroxyl groups excluding tert-OH is 1. The van der Waals surface area contributed by atoms with E-state index in [-0.39, 0.29) is 22.0 Å². The molecule has 3 aromatic rings. The van der Waals surface area contributed by atoms with Crippen LogP contribution in [0.2, 0.25) is 5.02 Å². The third-order valence-corrected chi connectivity index (χ3v) is 6.99. The monoisotopic (exact) mass is 521 g/mol. The summed E-state index contributed by atoms with van der Waals surface area (Å²) < 4.78 is 48.5. The molecule has 0 amide bonds. The fraction of sp³-hybridized carbons (Fsp3) is 0.280. The quantitative estimate of drug-likeness (QED) is 0.470. The van der Waals surface area contributed by atoms with Gasteiger partial charge < -0.3 is 24.8 Å². The van der Waals surface area contributed by atoms with E-state index in [2.05, 4.69) is 9.72 Å². The van der Waals surface area contributed by atoms with Crippen LogP contribution >= 0.6 is 11.6 Å². The Kier molecular flexibility index (Phi) is 5.47. The molecule has 188 valence electrons. The zero-order valence-electron chi connectivity index (χ0n) is 18.5. The Morgan fingerprint density at radius 2 is 1.86 bits per heavy atom. The van der Waals surface area contributed by atoms with Crippen LogP contribution in [0.3, 0.4) is 0 Å². The minimum absolute atomic E-state index is 0.0150. The van der Waals surface area contributed by atoms with Gasteiger partial charge >= 0.3 is 12.3 Å². The smallest absolute Gasteiger partial charge is 0.481 e. The lowest BCUT2D eigenvalue weighted by atomic mass is 9.71. The number of aryl methyl sites for hydroxylation is 1. The SMILES string of the molecule is Cc1cccc([C@@H]2[C@@H](C(=O)O)[C@@H](O)[C@@]3(O)c4ncc(Cl)cc4O[C@@]23c2ccc(OC(F)(F)F)cc2)c1. The zero-order chi connectivity index (χ0) is 26.0. The summed E-state index contributed by atoms with van der Waals surface area (Å²) in [5, 5.41) is 33.9. The van der Waals surface area contributed by atoms with Crippen LogP contribution in [0, 0.1) is 12.8 Å². The van der Waals surface area contributed by atoms with Crippen LogP contribution in [0.15, 0.2) is 60.8 Å². The number of ether oxygens (including phenoxy) is 2. The minimum Gasteiger partial charge on any atom is -0.481 e. The lowest BCUT2D eigenvalue weighted by Crippen LogP contribution is -2.52. The first-order chi connectivity index (χ1) is 16.9. The number of carboxylic acid groups (broad SMARTS) is 1. The summed E-state index contributed by atoms with van der Waals surface area (Å²) in [6.45, 7) is 1.79. The van der Waals surface area contributed by atoms with E-state index in [1.54, 1.807) is 31.2 Å². The summed E-state index contributed by atoms with van der Waals surface area (Å²) in [4.78, 5) is 16.7. The average Bonchev–Trinajstić information content (AvgIpc) is 3.16. The Morgan fingerprint density at radius 1 is 1.17 bits per heavy atom. The summed E-state index contributed by atoms with van der Waals surface area (Å²) in [5.74, 6) is -4.65. The number of aliphatic carboxylic acids is 1. The lowest BCUT2D eigenvalue weighted by Gasteiger charge is -2.40. The molecule has 3 N–H and O–H groups in total. The molecule has 5 rings (SSSR count). The summed E-state index contributed by atoms with van der Waals surface area (Å²) >= 11 is 6.08. The number of aliphatic hydroxyl groups is 2. The Labute approximate surface area is 207 Å². The second-order valence-electron chi connectivity index (χ2n) is 8.88. The van der Waals surface area contributed by atoms with Gasteiger partial charge in [0.15, 0.2) is 11.2 Å². The van der Waals surface area contributed by atoms with Crippen LogP contribution in [-0.2, 0) is 16.0 Å². The topological polar surface area (TPSA) is 109 Å². The fourth-order valence-corrected chi connectivity index (χ4v) is 5.66. The van der Waals surface area contributed by atoms with E-state index in [1.807, 2.05) is 0 Å². The maximum Gasteiger partial charge on any atom is 0.573 e. The third-order valence-electron chi connectivity index (χ3n) is 6.79. The van der Waals surface area contributed by atoms with Gasteiger partial charge in [-0.25, -0.2) is 0 Å². The van der Waals surface area contributed by atoms with Crippen molar-refractivity contribution in [3.63, 3.8) is 0 Å². The molecule has 1 fully saturated rings. The minimum atomic E-state index is -4.93. The van der Waals surface area contributed by atoms with Gasteiger partial charge in [0.1, 0.15) is 23.3 Å². The first-order valence-electron chi connectivity index (χ1n) is 10.8. The molecular formula is C25H19ClF3NO6. The van der Waals surface area contributed by atoms with Gasteiger partial charge in [-0.15, -0.1) is 13.2 Å². The van der Waals surface area contributed by atoms with Crippen molar-refractivity contribution in [2.75, 3.05) is 0 Å². The number of pyridine rings is 1. The predicted octanol–water partition coefficient (Wildman–Crippen LogP) is 4.28. The molecule has 1 aromatic heterocycles. The second kappa shape index (κ2) is 8.09. The molecule has 0 saturated heterocycles. The molecule has 36 heavy (non-hydrogen) atoms. The number of nitrogens with zero attached hydrogens (tertiary/aromatic N) is 1. The molecule has 2 heterocycles. The van der Waals surface area contributed by atoms with Crippen LogP contribution in [0.4, 0.5) is 13.2 Å². The number of fused-ring (bicyclic) bond motifs is 3. The van der Waals surface area contributed by atoms with Crippen molar-refractivity contribution in [2.45, 2.75) is 36.5 Å². The van der Waals surface area contributed by atoms with Gasteiger partial charge in [0, 0.05) is 18.2 Å². The van der Waals surface area contributed by atoms with Gasteiger partial charge in [-0.3, -0.25) is 9.78 Å². The van der Waals surface area contributed by atoms with Gasteiger partial charge in [0.2, 0.25) is 0 Å². The molecule has 2 aliphatic rings. The number of hydrogen-bond acceptors (Lipinski definition) is 6. The molecule has 0 bridgehead atoms. The number of halogens is 4. The van der Waals surface area contributed by atoms with Crippen LogP contribution < -0.4 is 9.47 Å². The number of alkyl halides is 3. The van der Waals surface area contributed by atoms with E-state index in [9.17, 15) is 33.3 Å². The highest BCUT2D eigenvalue weighted by Crippen LogP contribution is 2.68. The molecule has 0 radical (unpaired) electrons. The molecule has 11 heteroatoms. The predicted molar refractivity (Wildman–Crippen MR) is 120 cm³/mol. The largest absolute Gasteiger partial charge is 0.573 e.